The van der Waals surface area contributed by atoms with Crippen LogP contribution in [-0.2, 0) is 4.74 Å². The molecule has 1 saturated carbocycles. The van der Waals surface area contributed by atoms with Crippen molar-refractivity contribution in [3.05, 3.63) is 42.0 Å². The summed E-state index contributed by atoms with van der Waals surface area (Å²) in [4.78, 5) is 2.72. The Kier molecular flexibility index (Phi) is 5.51. The lowest BCUT2D eigenvalue weighted by molar-refractivity contribution is 0.0545. The third-order valence-corrected chi connectivity index (χ3v) is 7.05. The third kappa shape index (κ3) is 4.46. The average Bonchev–Trinajstić information content (AvgIpc) is 3.28. The number of ether oxygens (including phenoxy) is 1. The lowest BCUT2D eigenvalue weighted by atomic mass is 10.00. The van der Waals surface area contributed by atoms with Crippen molar-refractivity contribution in [2.24, 2.45) is 17.8 Å². The van der Waals surface area contributed by atoms with E-state index in [1.54, 1.807) is 0 Å². The zero-order valence-corrected chi connectivity index (χ0v) is 17.4. The van der Waals surface area contributed by atoms with Gasteiger partial charge in [-0.05, 0) is 62.5 Å². The maximum atomic E-state index is 5.51. The summed E-state index contributed by atoms with van der Waals surface area (Å²) in [5.41, 5.74) is 3.32. The third-order valence-electron chi connectivity index (χ3n) is 7.05. The Hall–Kier alpha value is -1.98. The number of likely N-dealkylation sites (tertiary alicyclic amines) is 1. The molecule has 2 saturated heterocycles. The number of hydrogen-bond acceptors (Lipinski definition) is 5. The van der Waals surface area contributed by atoms with E-state index in [4.69, 9.17) is 4.74 Å². The molecule has 1 aromatic heterocycles. The van der Waals surface area contributed by atoms with Gasteiger partial charge in [-0.25, -0.2) is 0 Å². The van der Waals surface area contributed by atoms with E-state index in [9.17, 15) is 0 Å². The van der Waals surface area contributed by atoms with Crippen LogP contribution in [0.3, 0.4) is 0 Å². The number of rotatable bonds is 5. The van der Waals surface area contributed by atoms with Gasteiger partial charge in [0.15, 0.2) is 0 Å². The first kappa shape index (κ1) is 19.0. The van der Waals surface area contributed by atoms with Crippen LogP contribution in [0.4, 0.5) is 5.82 Å². The molecule has 5 rings (SSSR count). The molecular weight excluding hydrogens is 360 g/mol. The predicted molar refractivity (Wildman–Crippen MR) is 116 cm³/mol. The molecule has 3 atom stereocenters. The lowest BCUT2D eigenvalue weighted by Crippen LogP contribution is -2.32. The second-order valence-corrected chi connectivity index (χ2v) is 9.28. The quantitative estimate of drug-likeness (QED) is 0.833. The Bertz CT molecular complexity index is 787. The normalized spacial score (nSPS) is 27.8. The summed E-state index contributed by atoms with van der Waals surface area (Å²) < 4.78 is 5.51. The summed E-state index contributed by atoms with van der Waals surface area (Å²) in [6.07, 6.45) is 5.01. The van der Waals surface area contributed by atoms with Crippen molar-refractivity contribution in [2.45, 2.75) is 38.6 Å². The molecule has 3 heterocycles. The molecule has 0 spiro atoms. The summed E-state index contributed by atoms with van der Waals surface area (Å²) >= 11 is 0. The summed E-state index contributed by atoms with van der Waals surface area (Å²) in [5, 5.41) is 12.5. The molecule has 0 radical (unpaired) electrons. The number of nitrogens with one attached hydrogen (secondary N) is 1. The summed E-state index contributed by atoms with van der Waals surface area (Å²) in [7, 11) is 0. The van der Waals surface area contributed by atoms with Crippen LogP contribution in [0.2, 0.25) is 0 Å². The van der Waals surface area contributed by atoms with E-state index in [2.05, 4.69) is 63.7 Å². The van der Waals surface area contributed by atoms with Crippen molar-refractivity contribution in [3.63, 3.8) is 0 Å². The number of fused-ring (bicyclic) bond motifs is 1. The second-order valence-electron chi connectivity index (χ2n) is 9.28. The van der Waals surface area contributed by atoms with Gasteiger partial charge in [0.25, 0.3) is 0 Å². The molecule has 1 aliphatic carbocycles. The molecule has 3 aliphatic rings. The van der Waals surface area contributed by atoms with E-state index >= 15 is 0 Å². The molecule has 29 heavy (non-hydrogen) atoms. The molecule has 5 nitrogen and oxygen atoms in total. The Morgan fingerprint density at radius 2 is 1.69 bits per heavy atom. The fourth-order valence-electron chi connectivity index (χ4n) is 5.45. The monoisotopic (exact) mass is 392 g/mol. The van der Waals surface area contributed by atoms with Gasteiger partial charge >= 0.3 is 0 Å². The number of anilines is 1. The van der Waals surface area contributed by atoms with Crippen molar-refractivity contribution in [1.82, 2.24) is 15.1 Å². The first-order valence-corrected chi connectivity index (χ1v) is 11.2. The van der Waals surface area contributed by atoms with Crippen LogP contribution in [0.1, 0.15) is 31.2 Å². The minimum Gasteiger partial charge on any atom is -0.381 e. The maximum Gasteiger partial charge on any atom is 0.148 e. The molecule has 3 fully saturated rings. The van der Waals surface area contributed by atoms with Crippen LogP contribution in [0.25, 0.3) is 11.3 Å². The van der Waals surface area contributed by atoms with Gasteiger partial charge in [0.2, 0.25) is 0 Å². The van der Waals surface area contributed by atoms with E-state index < -0.39 is 0 Å². The van der Waals surface area contributed by atoms with Crippen molar-refractivity contribution < 1.29 is 4.74 Å². The van der Waals surface area contributed by atoms with Gasteiger partial charge < -0.3 is 15.0 Å². The van der Waals surface area contributed by atoms with Crippen LogP contribution in [-0.4, -0.2) is 54.0 Å². The van der Waals surface area contributed by atoms with Gasteiger partial charge in [-0.3, -0.25) is 0 Å². The summed E-state index contributed by atoms with van der Waals surface area (Å²) in [5.74, 6) is 3.43. The molecular formula is C24H32N4O. The SMILES string of the molecule is Cc1ccc(-c2ccc(N[C@H]3C[C@@H]4CN(CC5CCOCC5)C[C@@H]4C3)nn2)cc1. The Labute approximate surface area is 173 Å². The fraction of sp³-hybridized carbons (Fsp3) is 0.583. The van der Waals surface area contributed by atoms with Crippen LogP contribution in [0.5, 0.6) is 0 Å². The number of nitrogens with zero attached hydrogens (tertiary/aromatic N) is 3. The molecule has 1 N–H and O–H groups in total. The summed E-state index contributed by atoms with van der Waals surface area (Å²) in [6, 6.07) is 13.1. The smallest absolute Gasteiger partial charge is 0.148 e. The highest BCUT2D eigenvalue weighted by Gasteiger charge is 2.41. The summed E-state index contributed by atoms with van der Waals surface area (Å²) in [6.45, 7) is 7.85. The molecule has 2 aromatic rings. The Morgan fingerprint density at radius 1 is 0.966 bits per heavy atom. The van der Waals surface area contributed by atoms with Crippen molar-refractivity contribution in [2.75, 3.05) is 38.2 Å². The average molecular weight is 393 g/mol. The highest BCUT2D eigenvalue weighted by Crippen LogP contribution is 2.39. The van der Waals surface area contributed by atoms with E-state index in [0.717, 1.165) is 48.0 Å². The van der Waals surface area contributed by atoms with E-state index in [-0.39, 0.29) is 0 Å². The van der Waals surface area contributed by atoms with Crippen molar-refractivity contribution in [3.8, 4) is 11.3 Å². The molecule has 1 aromatic carbocycles. The molecule has 0 amide bonds. The number of aryl methyl sites for hydroxylation is 1. The number of hydrogen-bond donors (Lipinski definition) is 1. The number of aromatic nitrogens is 2. The van der Waals surface area contributed by atoms with E-state index in [0.29, 0.717) is 6.04 Å². The van der Waals surface area contributed by atoms with Gasteiger partial charge in [0.1, 0.15) is 5.82 Å². The highest BCUT2D eigenvalue weighted by molar-refractivity contribution is 5.59. The van der Waals surface area contributed by atoms with Gasteiger partial charge in [-0.1, -0.05) is 29.8 Å². The van der Waals surface area contributed by atoms with Crippen molar-refractivity contribution >= 4 is 5.82 Å². The van der Waals surface area contributed by atoms with E-state index in [1.165, 1.54) is 50.9 Å². The van der Waals surface area contributed by atoms with Crippen LogP contribution < -0.4 is 5.32 Å². The largest absolute Gasteiger partial charge is 0.381 e. The van der Waals surface area contributed by atoms with Gasteiger partial charge in [-0.2, -0.15) is 0 Å². The topological polar surface area (TPSA) is 50.3 Å². The Balaban J connectivity index is 1.12. The van der Waals surface area contributed by atoms with Gasteiger partial charge in [-0.15, -0.1) is 10.2 Å². The maximum absolute atomic E-state index is 5.51. The van der Waals surface area contributed by atoms with Crippen LogP contribution in [0, 0.1) is 24.7 Å². The standard InChI is InChI=1S/C24H32N4O/c1-17-2-4-19(5-3-17)23-6-7-24(27-26-23)25-22-12-20-15-28(16-21(20)13-22)14-18-8-10-29-11-9-18/h2-7,18,20-22H,8-16H2,1H3,(H,25,27)/t20-,21+,22+. The highest BCUT2D eigenvalue weighted by atomic mass is 16.5. The molecule has 0 bridgehead atoms. The molecule has 2 aliphatic heterocycles. The Morgan fingerprint density at radius 3 is 2.34 bits per heavy atom. The fourth-order valence-corrected chi connectivity index (χ4v) is 5.45. The van der Waals surface area contributed by atoms with E-state index in [1.807, 2.05) is 0 Å². The van der Waals surface area contributed by atoms with Crippen LogP contribution >= 0.6 is 0 Å². The van der Waals surface area contributed by atoms with Gasteiger partial charge in [0, 0.05) is 44.5 Å². The first-order chi connectivity index (χ1) is 14.2. The number of benzene rings is 1. The minimum atomic E-state index is 0.537. The predicted octanol–water partition coefficient (Wildman–Crippen LogP) is 4.00. The lowest BCUT2D eigenvalue weighted by Gasteiger charge is -2.27. The minimum absolute atomic E-state index is 0.537. The zero-order chi connectivity index (χ0) is 19.6. The second kappa shape index (κ2) is 8.41. The van der Waals surface area contributed by atoms with Crippen LogP contribution in [0.15, 0.2) is 36.4 Å². The molecule has 0 unspecified atom stereocenters. The molecule has 5 heteroatoms. The molecule has 154 valence electrons. The van der Waals surface area contributed by atoms with Gasteiger partial charge in [0.05, 0.1) is 5.69 Å². The zero-order valence-electron chi connectivity index (χ0n) is 17.4. The first-order valence-electron chi connectivity index (χ1n) is 11.2. The van der Waals surface area contributed by atoms with Crippen molar-refractivity contribution in [1.29, 1.82) is 0 Å².